The zero-order valence-electron chi connectivity index (χ0n) is 26.8. The van der Waals surface area contributed by atoms with Gasteiger partial charge >= 0.3 is 0 Å². The number of pyridine rings is 2. The van der Waals surface area contributed by atoms with Gasteiger partial charge in [0.15, 0.2) is 0 Å². The van der Waals surface area contributed by atoms with Crippen LogP contribution >= 0.6 is 0 Å². The van der Waals surface area contributed by atoms with Gasteiger partial charge in [0.2, 0.25) is 5.71 Å². The molecule has 1 aliphatic rings. The first-order valence-corrected chi connectivity index (χ1v) is 15.6. The fourth-order valence-electron chi connectivity index (χ4n) is 6.64. The van der Waals surface area contributed by atoms with E-state index in [4.69, 9.17) is 14.1 Å². The van der Waals surface area contributed by atoms with Crippen LogP contribution in [0.15, 0.2) is 108 Å². The Bertz CT molecular complexity index is 2510. The van der Waals surface area contributed by atoms with Crippen molar-refractivity contribution < 1.29 is 30.2 Å². The first-order chi connectivity index (χ1) is 22.8. The quantitative estimate of drug-likeness (QED) is 0.165. The Labute approximate surface area is 292 Å². The third kappa shape index (κ3) is 4.76. The van der Waals surface area contributed by atoms with Crippen LogP contribution in [0.25, 0.3) is 49.7 Å². The summed E-state index contributed by atoms with van der Waals surface area (Å²) >= 11 is 0. The van der Waals surface area contributed by atoms with Crippen LogP contribution in [-0.4, -0.2) is 21.6 Å². The maximum Gasteiger partial charge on any atom is 0.227 e. The first kappa shape index (κ1) is 30.2. The molecule has 0 radical (unpaired) electrons. The number of furan rings is 1. The minimum atomic E-state index is -0.00704. The molecule has 0 bridgehead atoms. The van der Waals surface area contributed by atoms with Gasteiger partial charge in [-0.3, -0.25) is 0 Å². The SMILES string of the molecule is CN1[CH-]N(c2[c-]c(Oc3[c-]c4c(cc3)c3ccccc3n4-c3cc(C(C)(C)C)ccn3)ccc2)c2ccc3oc4ncccc4c3c21.[Pt]. The summed E-state index contributed by atoms with van der Waals surface area (Å²) in [5.74, 6) is 2.05. The van der Waals surface area contributed by atoms with Crippen LogP contribution in [0.3, 0.4) is 0 Å². The average molecular weight is 808 g/mol. The number of nitrogens with zero attached hydrogens (tertiary/aromatic N) is 5. The van der Waals surface area contributed by atoms with Crippen LogP contribution in [0.4, 0.5) is 17.1 Å². The van der Waals surface area contributed by atoms with Crippen molar-refractivity contribution >= 4 is 60.9 Å². The molecule has 0 unspecified atom stereocenters. The molecule has 0 spiro atoms. The Morgan fingerprint density at radius 3 is 2.50 bits per heavy atom. The fraction of sp³-hybridized carbons (Fsp3) is 0.125. The number of ether oxygens (including phenoxy) is 1. The van der Waals surface area contributed by atoms with Crippen LogP contribution in [0.1, 0.15) is 26.3 Å². The van der Waals surface area contributed by atoms with Crippen LogP contribution in [0.5, 0.6) is 11.5 Å². The molecule has 7 nitrogen and oxygen atoms in total. The molecule has 0 fully saturated rings. The maximum absolute atomic E-state index is 6.46. The Kier molecular flexibility index (Phi) is 7.08. The van der Waals surface area contributed by atoms with Gasteiger partial charge in [0.25, 0.3) is 0 Å². The third-order valence-electron chi connectivity index (χ3n) is 8.90. The van der Waals surface area contributed by atoms with Crippen molar-refractivity contribution in [3.05, 3.63) is 128 Å². The molecule has 5 heterocycles. The van der Waals surface area contributed by atoms with Crippen molar-refractivity contribution in [2.75, 3.05) is 16.8 Å². The molecule has 0 saturated heterocycles. The van der Waals surface area contributed by atoms with Gasteiger partial charge in [0.05, 0.1) is 10.8 Å². The number of rotatable bonds is 4. The van der Waals surface area contributed by atoms with Crippen LogP contribution in [0, 0.1) is 18.8 Å². The van der Waals surface area contributed by atoms with E-state index in [2.05, 4.69) is 114 Å². The first-order valence-electron chi connectivity index (χ1n) is 15.6. The fourth-order valence-corrected chi connectivity index (χ4v) is 6.64. The zero-order valence-corrected chi connectivity index (χ0v) is 29.0. The molecule has 0 saturated carbocycles. The monoisotopic (exact) mass is 807 g/mol. The molecule has 0 N–H and O–H groups in total. The van der Waals surface area contributed by atoms with E-state index in [0.717, 1.165) is 61.0 Å². The van der Waals surface area contributed by atoms with Crippen LogP contribution in [0.2, 0.25) is 0 Å². The number of fused-ring (bicyclic) bond motifs is 8. The number of aromatic nitrogens is 3. The summed E-state index contributed by atoms with van der Waals surface area (Å²) in [6.45, 7) is 8.71. The van der Waals surface area contributed by atoms with Gasteiger partial charge in [-0.2, -0.15) is 18.8 Å². The summed E-state index contributed by atoms with van der Waals surface area (Å²) in [7, 11) is 2.04. The molecule has 0 aliphatic carbocycles. The van der Waals surface area contributed by atoms with Gasteiger partial charge in [-0.25, -0.2) is 9.97 Å². The second kappa shape index (κ2) is 11.2. The Morgan fingerprint density at radius 2 is 1.62 bits per heavy atom. The second-order valence-corrected chi connectivity index (χ2v) is 13.0. The molecule has 4 aromatic carbocycles. The van der Waals surface area contributed by atoms with E-state index in [1.807, 2.05) is 49.6 Å². The predicted octanol–water partition coefficient (Wildman–Crippen LogP) is 9.87. The van der Waals surface area contributed by atoms with Crippen LogP contribution < -0.4 is 14.5 Å². The van der Waals surface area contributed by atoms with Crippen molar-refractivity contribution in [2.45, 2.75) is 26.2 Å². The maximum atomic E-state index is 6.46. The molecular formula is C40H30N5O2Pt-3. The minimum absolute atomic E-state index is 0. The Hall–Kier alpha value is -5.13. The van der Waals surface area contributed by atoms with Gasteiger partial charge in [0, 0.05) is 61.8 Å². The van der Waals surface area contributed by atoms with Crippen LogP contribution in [-0.2, 0) is 26.5 Å². The van der Waals surface area contributed by atoms with E-state index in [1.165, 1.54) is 5.56 Å². The molecule has 240 valence electrons. The molecule has 48 heavy (non-hydrogen) atoms. The van der Waals surface area contributed by atoms with E-state index in [-0.39, 0.29) is 26.5 Å². The predicted molar refractivity (Wildman–Crippen MR) is 188 cm³/mol. The van der Waals surface area contributed by atoms with Crippen molar-refractivity contribution in [3.63, 3.8) is 0 Å². The number of benzene rings is 4. The van der Waals surface area contributed by atoms with Crippen molar-refractivity contribution in [1.82, 2.24) is 14.5 Å². The van der Waals surface area contributed by atoms with Crippen molar-refractivity contribution in [2.24, 2.45) is 0 Å². The topological polar surface area (TPSA) is 59.6 Å². The van der Waals surface area contributed by atoms with Crippen molar-refractivity contribution in [3.8, 4) is 17.3 Å². The number of para-hydroxylation sites is 1. The largest absolute Gasteiger partial charge is 0.509 e. The summed E-state index contributed by atoms with van der Waals surface area (Å²) in [5, 5.41) is 4.27. The molecule has 1 aliphatic heterocycles. The van der Waals surface area contributed by atoms with E-state index in [1.54, 1.807) is 6.20 Å². The third-order valence-corrected chi connectivity index (χ3v) is 8.90. The van der Waals surface area contributed by atoms with E-state index in [9.17, 15) is 0 Å². The molecule has 0 atom stereocenters. The second-order valence-electron chi connectivity index (χ2n) is 13.0. The molecule has 4 aromatic heterocycles. The molecule has 8 aromatic rings. The Morgan fingerprint density at radius 1 is 0.792 bits per heavy atom. The molecule has 8 heteroatoms. The average Bonchev–Trinajstić information content (AvgIpc) is 3.73. The van der Waals surface area contributed by atoms with Gasteiger partial charge in [-0.05, 0) is 65.9 Å². The van der Waals surface area contributed by atoms with Gasteiger partial charge < -0.3 is 23.5 Å². The smallest absolute Gasteiger partial charge is 0.227 e. The number of anilines is 3. The van der Waals surface area contributed by atoms with Crippen molar-refractivity contribution in [1.29, 1.82) is 0 Å². The van der Waals surface area contributed by atoms with Gasteiger partial charge in [-0.1, -0.05) is 44.5 Å². The van der Waals surface area contributed by atoms with Gasteiger partial charge in [0.1, 0.15) is 11.4 Å². The number of hydrogen-bond acceptors (Lipinski definition) is 6. The zero-order chi connectivity index (χ0) is 31.9. The number of hydrogen-bond donors (Lipinski definition) is 0. The van der Waals surface area contributed by atoms with E-state index < -0.39 is 0 Å². The summed E-state index contributed by atoms with van der Waals surface area (Å²) < 4.78 is 14.7. The van der Waals surface area contributed by atoms with Gasteiger partial charge in [-0.15, -0.1) is 41.4 Å². The van der Waals surface area contributed by atoms with E-state index in [0.29, 0.717) is 17.2 Å². The van der Waals surface area contributed by atoms with E-state index >= 15 is 0 Å². The summed E-state index contributed by atoms with van der Waals surface area (Å²) in [6.07, 6.45) is 3.64. The minimum Gasteiger partial charge on any atom is -0.509 e. The normalized spacial score (nSPS) is 13.1. The summed E-state index contributed by atoms with van der Waals surface area (Å²) in [5.41, 5.74) is 7.59. The molecule has 0 amide bonds. The molecule has 9 rings (SSSR count). The summed E-state index contributed by atoms with van der Waals surface area (Å²) in [6, 6.07) is 37.8. The Balaban J connectivity index is 0.00000336. The molecular weight excluding hydrogens is 778 g/mol. The summed E-state index contributed by atoms with van der Waals surface area (Å²) in [4.78, 5) is 13.5. The standard InChI is InChI=1S/C40H30N5O2.Pt/c1-40(2,3)25-18-20-41-36(21-25)45-32-13-6-5-11-29(32)30-15-14-28(23-34(30)45)46-27-10-7-9-26(22-27)44-24-43(4)38-33(44)16-17-35-37(38)31-12-8-19-42-39(31)47-35;/h5-21,24H,1-4H3;/q-3;.